The molecule has 1 unspecified atom stereocenters. The van der Waals surface area contributed by atoms with Gasteiger partial charge in [-0.2, -0.15) is 0 Å². The van der Waals surface area contributed by atoms with E-state index >= 15 is 0 Å². The van der Waals surface area contributed by atoms with Gasteiger partial charge in [0.2, 0.25) is 0 Å². The maximum atomic E-state index is 13.8. The van der Waals surface area contributed by atoms with Crippen molar-refractivity contribution in [2.45, 2.75) is 32.7 Å². The number of methoxy groups -OCH3 is 1. The van der Waals surface area contributed by atoms with Crippen molar-refractivity contribution in [2.75, 3.05) is 19.0 Å². The minimum absolute atomic E-state index is 0.242. The zero-order valence-electron chi connectivity index (χ0n) is 20.9. The van der Waals surface area contributed by atoms with Crippen molar-refractivity contribution in [3.63, 3.8) is 0 Å². The Morgan fingerprint density at radius 1 is 1.11 bits per heavy atom. The lowest BCUT2D eigenvalue weighted by Gasteiger charge is -2.31. The molecule has 0 aliphatic heterocycles. The lowest BCUT2D eigenvalue weighted by molar-refractivity contribution is 0.188. The highest BCUT2D eigenvalue weighted by Gasteiger charge is 2.28. The molecular formula is C28H28Cl2N4O3. The van der Waals surface area contributed by atoms with E-state index in [2.05, 4.69) is 12.2 Å². The number of para-hydroxylation sites is 3. The molecule has 0 fully saturated rings. The number of carbonyl (C=O) groups is 1. The van der Waals surface area contributed by atoms with Crippen LogP contribution in [0.25, 0.3) is 16.6 Å². The highest BCUT2D eigenvalue weighted by Crippen LogP contribution is 2.30. The lowest BCUT2D eigenvalue weighted by Crippen LogP contribution is -2.40. The number of hydrogen-bond donors (Lipinski definition) is 1. The SMILES string of the molecule is CCCCN(C(=O)Nc1ccc(Cl)cc1Cl)C(C)c1nc2ccccc2c(=O)n1-c1ccccc1OC. The molecule has 0 aliphatic rings. The molecule has 2 amide bonds. The van der Waals surface area contributed by atoms with E-state index < -0.39 is 6.04 Å². The summed E-state index contributed by atoms with van der Waals surface area (Å²) in [5.74, 6) is 0.939. The molecule has 0 radical (unpaired) electrons. The van der Waals surface area contributed by atoms with Crippen molar-refractivity contribution in [3.8, 4) is 11.4 Å². The summed E-state index contributed by atoms with van der Waals surface area (Å²) in [6.07, 6.45) is 1.64. The van der Waals surface area contributed by atoms with Gasteiger partial charge in [0.1, 0.15) is 11.6 Å². The second-order valence-electron chi connectivity index (χ2n) is 8.58. The smallest absolute Gasteiger partial charge is 0.322 e. The van der Waals surface area contributed by atoms with E-state index in [0.717, 1.165) is 12.8 Å². The van der Waals surface area contributed by atoms with Gasteiger partial charge < -0.3 is 15.0 Å². The van der Waals surface area contributed by atoms with Gasteiger partial charge in [-0.3, -0.25) is 9.36 Å². The number of hydrogen-bond acceptors (Lipinski definition) is 4. The Balaban J connectivity index is 1.85. The fourth-order valence-electron chi connectivity index (χ4n) is 4.19. The number of nitrogens with zero attached hydrogens (tertiary/aromatic N) is 3. The van der Waals surface area contributed by atoms with Gasteiger partial charge in [-0.25, -0.2) is 9.78 Å². The molecule has 1 atom stereocenters. The molecule has 1 N–H and O–H groups in total. The van der Waals surface area contributed by atoms with E-state index in [1.807, 2.05) is 25.1 Å². The van der Waals surface area contributed by atoms with Crippen LogP contribution in [0.5, 0.6) is 5.75 Å². The van der Waals surface area contributed by atoms with Gasteiger partial charge in [-0.15, -0.1) is 0 Å². The zero-order chi connectivity index (χ0) is 26.5. The van der Waals surface area contributed by atoms with Gasteiger partial charge in [0, 0.05) is 11.6 Å². The molecule has 3 aromatic carbocycles. The predicted octanol–water partition coefficient (Wildman–Crippen LogP) is 7.10. The van der Waals surface area contributed by atoms with Gasteiger partial charge in [0.25, 0.3) is 5.56 Å². The summed E-state index contributed by atoms with van der Waals surface area (Å²) in [6.45, 7) is 4.36. The number of ether oxygens (including phenoxy) is 1. The molecule has 9 heteroatoms. The number of anilines is 1. The van der Waals surface area contributed by atoms with Gasteiger partial charge >= 0.3 is 6.03 Å². The highest BCUT2D eigenvalue weighted by molar-refractivity contribution is 6.36. The molecule has 4 aromatic rings. The second-order valence-corrected chi connectivity index (χ2v) is 9.42. The normalized spacial score (nSPS) is 11.8. The number of urea groups is 1. The van der Waals surface area contributed by atoms with Crippen molar-refractivity contribution in [2.24, 2.45) is 0 Å². The fraction of sp³-hybridized carbons (Fsp3) is 0.250. The molecule has 1 aromatic heterocycles. The van der Waals surface area contributed by atoms with E-state index in [9.17, 15) is 9.59 Å². The van der Waals surface area contributed by atoms with Gasteiger partial charge in [-0.1, -0.05) is 60.8 Å². The quantitative estimate of drug-likeness (QED) is 0.259. The molecule has 4 rings (SSSR count). The van der Waals surface area contributed by atoms with Crippen LogP contribution in [0.2, 0.25) is 10.0 Å². The largest absolute Gasteiger partial charge is 0.495 e. The minimum Gasteiger partial charge on any atom is -0.495 e. The average Bonchev–Trinajstić information content (AvgIpc) is 2.90. The molecule has 7 nitrogen and oxygen atoms in total. The van der Waals surface area contributed by atoms with Crippen LogP contribution in [0.4, 0.5) is 10.5 Å². The molecule has 0 spiro atoms. The third-order valence-corrected chi connectivity index (χ3v) is 6.70. The Kier molecular flexibility index (Phi) is 8.36. The van der Waals surface area contributed by atoms with Crippen molar-refractivity contribution >= 4 is 45.8 Å². The third-order valence-electron chi connectivity index (χ3n) is 6.16. The predicted molar refractivity (Wildman–Crippen MR) is 149 cm³/mol. The van der Waals surface area contributed by atoms with Crippen LogP contribution >= 0.6 is 23.2 Å². The maximum Gasteiger partial charge on any atom is 0.322 e. The summed E-state index contributed by atoms with van der Waals surface area (Å²) >= 11 is 12.3. The standard InChI is InChI=1S/C28H28Cl2N4O3/c1-4-5-16-33(28(36)32-23-15-14-19(29)17-21(23)30)18(2)26-31-22-11-7-6-10-20(22)27(35)34(26)24-12-8-9-13-25(24)37-3/h6-15,17-18H,4-5,16H2,1-3H3,(H,32,36). The first kappa shape index (κ1) is 26.5. The molecule has 37 heavy (non-hydrogen) atoms. The number of amides is 2. The summed E-state index contributed by atoms with van der Waals surface area (Å²) in [5.41, 5.74) is 1.30. The van der Waals surface area contributed by atoms with Crippen molar-refractivity contribution in [1.82, 2.24) is 14.5 Å². The van der Waals surface area contributed by atoms with Gasteiger partial charge in [-0.05, 0) is 55.8 Å². The molecular weight excluding hydrogens is 511 g/mol. The van der Waals surface area contributed by atoms with Crippen LogP contribution in [-0.4, -0.2) is 34.1 Å². The average molecular weight is 539 g/mol. The molecule has 0 bridgehead atoms. The minimum atomic E-state index is -0.570. The van der Waals surface area contributed by atoms with Crippen LogP contribution in [0, 0.1) is 0 Å². The summed E-state index contributed by atoms with van der Waals surface area (Å²) in [7, 11) is 1.55. The number of nitrogens with one attached hydrogen (secondary N) is 1. The van der Waals surface area contributed by atoms with E-state index in [1.165, 1.54) is 4.57 Å². The van der Waals surface area contributed by atoms with E-state index in [0.29, 0.717) is 50.4 Å². The van der Waals surface area contributed by atoms with Crippen LogP contribution < -0.4 is 15.6 Å². The molecule has 192 valence electrons. The van der Waals surface area contributed by atoms with Crippen LogP contribution in [0.15, 0.2) is 71.5 Å². The van der Waals surface area contributed by atoms with Gasteiger partial charge in [0.05, 0.1) is 40.5 Å². The first-order valence-corrected chi connectivity index (χ1v) is 12.8. The number of rotatable bonds is 8. The van der Waals surface area contributed by atoms with Gasteiger partial charge in [0.15, 0.2) is 0 Å². The first-order valence-electron chi connectivity index (χ1n) is 12.0. The Labute approximate surface area is 225 Å². The third kappa shape index (κ3) is 5.58. The number of fused-ring (bicyclic) bond motifs is 1. The van der Waals surface area contributed by atoms with E-state index in [-0.39, 0.29) is 11.6 Å². The van der Waals surface area contributed by atoms with E-state index in [4.69, 9.17) is 32.9 Å². The number of carbonyl (C=O) groups excluding carboxylic acids is 1. The summed E-state index contributed by atoms with van der Waals surface area (Å²) in [4.78, 5) is 33.9. The number of halogens is 2. The van der Waals surface area contributed by atoms with E-state index in [1.54, 1.807) is 60.5 Å². The molecule has 0 saturated heterocycles. The summed E-state index contributed by atoms with van der Waals surface area (Å²) in [5, 5.41) is 4.17. The van der Waals surface area contributed by atoms with Crippen molar-refractivity contribution in [1.29, 1.82) is 0 Å². The monoisotopic (exact) mass is 538 g/mol. The number of aromatic nitrogens is 2. The van der Waals surface area contributed by atoms with Crippen LogP contribution in [0.1, 0.15) is 38.6 Å². The fourth-order valence-corrected chi connectivity index (χ4v) is 4.65. The maximum absolute atomic E-state index is 13.8. The van der Waals surface area contributed by atoms with Crippen LogP contribution in [0.3, 0.4) is 0 Å². The second kappa shape index (κ2) is 11.7. The molecule has 0 saturated carbocycles. The topological polar surface area (TPSA) is 76.5 Å². The van der Waals surface area contributed by atoms with Crippen LogP contribution in [-0.2, 0) is 0 Å². The summed E-state index contributed by atoms with van der Waals surface area (Å²) < 4.78 is 7.11. The Hall–Kier alpha value is -3.55. The number of unbranched alkanes of at least 4 members (excludes halogenated alkanes) is 1. The first-order chi connectivity index (χ1) is 17.8. The Bertz CT molecular complexity index is 1490. The lowest BCUT2D eigenvalue weighted by atomic mass is 10.1. The zero-order valence-corrected chi connectivity index (χ0v) is 22.4. The Morgan fingerprint density at radius 3 is 2.57 bits per heavy atom. The van der Waals surface area contributed by atoms with Crippen molar-refractivity contribution < 1.29 is 9.53 Å². The molecule has 0 aliphatic carbocycles. The molecule has 1 heterocycles. The Morgan fingerprint density at radius 2 is 1.84 bits per heavy atom. The number of benzene rings is 3. The van der Waals surface area contributed by atoms with Crippen molar-refractivity contribution in [3.05, 3.63) is 93.0 Å². The summed E-state index contributed by atoms with van der Waals surface area (Å²) in [6, 6.07) is 18.4. The highest BCUT2D eigenvalue weighted by atomic mass is 35.5.